The smallest absolute Gasteiger partial charge is 0.250 e. The predicted octanol–water partition coefficient (Wildman–Crippen LogP) is 2.45. The van der Waals surface area contributed by atoms with Gasteiger partial charge in [0.2, 0.25) is 0 Å². The minimum Gasteiger partial charge on any atom is -0.381 e. The number of fused-ring (bicyclic) bond motifs is 1. The first kappa shape index (κ1) is 15.8. The van der Waals surface area contributed by atoms with E-state index in [1.54, 1.807) is 19.6 Å². The van der Waals surface area contributed by atoms with Crippen LogP contribution in [0.4, 0.5) is 0 Å². The maximum Gasteiger partial charge on any atom is 0.250 e. The average molecular weight is 339 g/mol. The molecule has 25 heavy (non-hydrogen) atoms. The fourth-order valence-electron chi connectivity index (χ4n) is 3.73. The Morgan fingerprint density at radius 1 is 1.28 bits per heavy atom. The maximum absolute atomic E-state index is 12.1. The first-order valence-electron chi connectivity index (χ1n) is 8.49. The fraction of sp³-hybridized carbons (Fsp3) is 0.389. The van der Waals surface area contributed by atoms with Crippen LogP contribution in [0.2, 0.25) is 0 Å². The second-order valence-corrected chi connectivity index (χ2v) is 6.52. The highest BCUT2D eigenvalue weighted by Crippen LogP contribution is 2.33. The number of imidazole rings is 1. The third-order valence-electron chi connectivity index (χ3n) is 5.07. The van der Waals surface area contributed by atoms with Crippen LogP contribution in [0.3, 0.4) is 0 Å². The third kappa shape index (κ3) is 2.80. The van der Waals surface area contributed by atoms with Gasteiger partial charge in [0.1, 0.15) is 0 Å². The lowest BCUT2D eigenvalue weighted by molar-refractivity contribution is 0.0574. The van der Waals surface area contributed by atoms with Crippen molar-refractivity contribution in [3.05, 3.63) is 42.6 Å². The summed E-state index contributed by atoms with van der Waals surface area (Å²) < 4.78 is 9.28. The molecule has 0 unspecified atom stereocenters. The molecule has 0 radical (unpaired) electrons. The van der Waals surface area contributed by atoms with E-state index in [0.717, 1.165) is 42.3 Å². The monoisotopic (exact) mass is 339 g/mol. The molecular weight excluding hydrogens is 318 g/mol. The maximum atomic E-state index is 12.1. The Kier molecular flexibility index (Phi) is 4.01. The van der Waals surface area contributed by atoms with Crippen molar-refractivity contribution in [1.29, 1.82) is 0 Å². The van der Waals surface area contributed by atoms with Crippen molar-refractivity contribution in [2.45, 2.75) is 37.8 Å². The molecule has 0 saturated heterocycles. The van der Waals surface area contributed by atoms with E-state index >= 15 is 0 Å². The van der Waals surface area contributed by atoms with Gasteiger partial charge in [-0.1, -0.05) is 0 Å². The Balaban J connectivity index is 1.78. The topological polar surface area (TPSA) is 88.0 Å². The number of aromatic nitrogens is 4. The zero-order valence-electron chi connectivity index (χ0n) is 14.1. The Morgan fingerprint density at radius 3 is 2.72 bits per heavy atom. The zero-order valence-corrected chi connectivity index (χ0v) is 14.1. The minimum atomic E-state index is -0.445. The van der Waals surface area contributed by atoms with Crippen LogP contribution in [-0.4, -0.2) is 38.5 Å². The molecule has 130 valence electrons. The van der Waals surface area contributed by atoms with Gasteiger partial charge in [-0.2, -0.15) is 5.10 Å². The molecule has 1 saturated carbocycles. The van der Waals surface area contributed by atoms with E-state index in [-0.39, 0.29) is 6.04 Å². The van der Waals surface area contributed by atoms with E-state index in [2.05, 4.69) is 10.1 Å². The lowest BCUT2D eigenvalue weighted by Gasteiger charge is -2.28. The van der Waals surface area contributed by atoms with Crippen LogP contribution < -0.4 is 5.73 Å². The van der Waals surface area contributed by atoms with Crippen LogP contribution >= 0.6 is 0 Å². The summed E-state index contributed by atoms with van der Waals surface area (Å²) in [4.78, 5) is 16.2. The summed E-state index contributed by atoms with van der Waals surface area (Å²) in [7, 11) is 1.76. The lowest BCUT2D eigenvalue weighted by atomic mass is 9.93. The van der Waals surface area contributed by atoms with Gasteiger partial charge >= 0.3 is 0 Å². The van der Waals surface area contributed by atoms with Crippen LogP contribution in [0.1, 0.15) is 42.1 Å². The van der Waals surface area contributed by atoms with E-state index in [9.17, 15) is 4.79 Å². The van der Waals surface area contributed by atoms with Crippen molar-refractivity contribution in [3.8, 4) is 5.69 Å². The molecule has 1 fully saturated rings. The molecule has 2 aromatic heterocycles. The summed E-state index contributed by atoms with van der Waals surface area (Å²) in [5, 5.41) is 5.49. The van der Waals surface area contributed by atoms with Crippen molar-refractivity contribution >= 4 is 16.8 Å². The quantitative estimate of drug-likeness (QED) is 0.791. The summed E-state index contributed by atoms with van der Waals surface area (Å²) in [6.45, 7) is 0. The van der Waals surface area contributed by atoms with Gasteiger partial charge in [0.25, 0.3) is 5.91 Å². The number of carbonyl (C=O) groups is 1. The molecule has 0 spiro atoms. The number of methoxy groups -OCH3 is 1. The van der Waals surface area contributed by atoms with Gasteiger partial charge < -0.3 is 15.0 Å². The van der Waals surface area contributed by atoms with Crippen molar-refractivity contribution in [2.75, 3.05) is 7.11 Å². The lowest BCUT2D eigenvalue weighted by Crippen LogP contribution is -2.24. The average Bonchev–Trinajstić information content (AvgIpc) is 3.30. The first-order valence-corrected chi connectivity index (χ1v) is 8.49. The number of hydrogen-bond acceptors (Lipinski definition) is 4. The molecule has 3 aromatic rings. The van der Waals surface area contributed by atoms with Crippen molar-refractivity contribution in [3.63, 3.8) is 0 Å². The summed E-state index contributed by atoms with van der Waals surface area (Å²) in [6, 6.07) is 4.08. The molecule has 1 aliphatic carbocycles. The number of rotatable bonds is 4. The number of ether oxygens (including phenoxy) is 1. The van der Waals surface area contributed by atoms with Crippen LogP contribution in [-0.2, 0) is 4.74 Å². The van der Waals surface area contributed by atoms with E-state index < -0.39 is 5.91 Å². The highest BCUT2D eigenvalue weighted by Gasteiger charge is 2.25. The molecule has 1 aliphatic rings. The SMILES string of the molecule is COC1CCC(n2ncc3cc(-n4ccnc4)cc(C(N)=O)c32)CC1. The van der Waals surface area contributed by atoms with Gasteiger partial charge in [0.15, 0.2) is 0 Å². The molecule has 7 nitrogen and oxygen atoms in total. The van der Waals surface area contributed by atoms with Crippen LogP contribution in [0.25, 0.3) is 16.6 Å². The van der Waals surface area contributed by atoms with Gasteiger partial charge in [-0.15, -0.1) is 0 Å². The van der Waals surface area contributed by atoms with E-state index in [1.807, 2.05) is 33.8 Å². The largest absolute Gasteiger partial charge is 0.381 e. The molecule has 2 N–H and O–H groups in total. The number of nitrogens with two attached hydrogens (primary N) is 1. The zero-order chi connectivity index (χ0) is 17.4. The van der Waals surface area contributed by atoms with E-state index in [4.69, 9.17) is 10.5 Å². The summed E-state index contributed by atoms with van der Waals surface area (Å²) in [6.07, 6.45) is 11.3. The van der Waals surface area contributed by atoms with E-state index in [1.165, 1.54) is 0 Å². The number of benzene rings is 1. The van der Waals surface area contributed by atoms with Crippen LogP contribution in [0, 0.1) is 0 Å². The molecule has 4 rings (SSSR count). The standard InChI is InChI=1S/C18H21N5O2/c1-25-15-4-2-13(3-5-15)23-17-12(10-21-23)8-14(9-16(17)18(19)24)22-7-6-20-11-22/h6-11,13,15H,2-5H2,1H3,(H2,19,24). The Labute approximate surface area is 145 Å². The predicted molar refractivity (Wildman–Crippen MR) is 93.7 cm³/mol. The van der Waals surface area contributed by atoms with Crippen molar-refractivity contribution in [1.82, 2.24) is 19.3 Å². The van der Waals surface area contributed by atoms with Gasteiger partial charge in [0, 0.05) is 30.6 Å². The summed E-state index contributed by atoms with van der Waals surface area (Å²) in [5.74, 6) is -0.445. The highest BCUT2D eigenvalue weighted by atomic mass is 16.5. The molecule has 0 bridgehead atoms. The van der Waals surface area contributed by atoms with Gasteiger partial charge in [-0.25, -0.2) is 4.98 Å². The third-order valence-corrected chi connectivity index (χ3v) is 5.07. The van der Waals surface area contributed by atoms with Gasteiger partial charge in [0.05, 0.1) is 35.8 Å². The fourth-order valence-corrected chi connectivity index (χ4v) is 3.73. The van der Waals surface area contributed by atoms with Crippen LogP contribution in [0.5, 0.6) is 0 Å². The van der Waals surface area contributed by atoms with Gasteiger partial charge in [-0.05, 0) is 37.8 Å². The molecule has 1 amide bonds. The van der Waals surface area contributed by atoms with Crippen molar-refractivity contribution in [2.24, 2.45) is 5.73 Å². The number of nitrogens with zero attached hydrogens (tertiary/aromatic N) is 4. The number of hydrogen-bond donors (Lipinski definition) is 1. The normalized spacial score (nSPS) is 20.8. The first-order chi connectivity index (χ1) is 12.2. The van der Waals surface area contributed by atoms with Crippen molar-refractivity contribution < 1.29 is 9.53 Å². The molecule has 0 atom stereocenters. The summed E-state index contributed by atoms with van der Waals surface area (Å²) in [5.41, 5.74) is 7.84. The van der Waals surface area contributed by atoms with E-state index in [0.29, 0.717) is 11.7 Å². The molecule has 1 aromatic carbocycles. The molecule has 0 aliphatic heterocycles. The summed E-state index contributed by atoms with van der Waals surface area (Å²) >= 11 is 0. The second kappa shape index (κ2) is 6.33. The van der Waals surface area contributed by atoms with Gasteiger partial charge in [-0.3, -0.25) is 9.48 Å². The highest BCUT2D eigenvalue weighted by molar-refractivity contribution is 6.05. The Morgan fingerprint density at radius 2 is 2.08 bits per heavy atom. The molecular formula is C18H21N5O2. The Hall–Kier alpha value is -2.67. The molecule has 7 heteroatoms. The minimum absolute atomic E-state index is 0.265. The number of carbonyl (C=O) groups excluding carboxylic acids is 1. The molecule has 2 heterocycles. The van der Waals surface area contributed by atoms with Crippen LogP contribution in [0.15, 0.2) is 37.1 Å². The number of primary amides is 1. The Bertz CT molecular complexity index is 892. The number of amides is 1. The second-order valence-electron chi connectivity index (χ2n) is 6.52.